The molecule has 0 aliphatic carbocycles. The average Bonchev–Trinajstić information content (AvgIpc) is 2.48. The number of nitrogens with two attached hydrogens (primary N) is 1. The van der Waals surface area contributed by atoms with Crippen LogP contribution in [0.15, 0.2) is 12.4 Å². The number of aryl methyl sites for hydroxylation is 1. The smallest absolute Gasteiger partial charge is 0.253 e. The number of rotatable bonds is 5. The Kier molecular flexibility index (Phi) is 3.34. The van der Waals surface area contributed by atoms with Crippen LogP contribution >= 0.6 is 0 Å². The van der Waals surface area contributed by atoms with Crippen molar-refractivity contribution in [2.45, 2.75) is 13.0 Å². The summed E-state index contributed by atoms with van der Waals surface area (Å²) in [6.07, 6.45) is 3.89. The van der Waals surface area contributed by atoms with Gasteiger partial charge in [-0.05, 0) is 6.42 Å². The van der Waals surface area contributed by atoms with Crippen LogP contribution in [0.5, 0.6) is 0 Å². The first-order valence-electron chi connectivity index (χ1n) is 3.69. The van der Waals surface area contributed by atoms with Gasteiger partial charge in [-0.1, -0.05) is 5.21 Å². The third kappa shape index (κ3) is 4.55. The quantitative estimate of drug-likeness (QED) is 0.568. The van der Waals surface area contributed by atoms with Crippen LogP contribution in [0.1, 0.15) is 6.42 Å². The van der Waals surface area contributed by atoms with E-state index in [4.69, 9.17) is 5.14 Å². The van der Waals surface area contributed by atoms with Gasteiger partial charge in [0.15, 0.2) is 0 Å². The minimum atomic E-state index is -3.56. The van der Waals surface area contributed by atoms with E-state index in [1.165, 1.54) is 0 Å². The topological polar surface area (TPSA) is 103 Å². The fraction of sp³-hybridized carbons (Fsp3) is 0.600. The van der Waals surface area contributed by atoms with Gasteiger partial charge in [0.1, 0.15) is 0 Å². The molecule has 0 amide bonds. The summed E-state index contributed by atoms with van der Waals surface area (Å²) in [4.78, 5) is 0. The third-order valence-corrected chi connectivity index (χ3v) is 1.95. The van der Waals surface area contributed by atoms with E-state index in [1.54, 1.807) is 17.1 Å². The van der Waals surface area contributed by atoms with E-state index in [1.807, 2.05) is 0 Å². The molecule has 0 unspecified atom stereocenters. The van der Waals surface area contributed by atoms with E-state index in [2.05, 4.69) is 15.0 Å². The van der Waals surface area contributed by atoms with Gasteiger partial charge in [-0.25, -0.2) is 9.86 Å². The van der Waals surface area contributed by atoms with Crippen LogP contribution in [0.3, 0.4) is 0 Å². The molecule has 1 aromatic rings. The van der Waals surface area contributed by atoms with E-state index in [0.29, 0.717) is 19.5 Å². The van der Waals surface area contributed by atoms with Crippen molar-refractivity contribution in [2.75, 3.05) is 6.54 Å². The summed E-state index contributed by atoms with van der Waals surface area (Å²) in [5, 5.41) is 12.0. The molecule has 3 N–H and O–H groups in total. The summed E-state index contributed by atoms with van der Waals surface area (Å²) in [7, 11) is -3.56. The number of aromatic nitrogens is 3. The van der Waals surface area contributed by atoms with Gasteiger partial charge in [0.25, 0.3) is 10.2 Å². The fourth-order valence-corrected chi connectivity index (χ4v) is 1.24. The first kappa shape index (κ1) is 10.1. The zero-order chi connectivity index (χ0) is 9.73. The van der Waals surface area contributed by atoms with Crippen LogP contribution in [0.2, 0.25) is 0 Å². The molecule has 0 aliphatic rings. The number of nitrogens with zero attached hydrogens (tertiary/aromatic N) is 3. The number of hydrogen-bond donors (Lipinski definition) is 2. The van der Waals surface area contributed by atoms with Crippen LogP contribution in [-0.2, 0) is 16.8 Å². The lowest BCUT2D eigenvalue weighted by Gasteiger charge is -2.01. The van der Waals surface area contributed by atoms with Gasteiger partial charge >= 0.3 is 0 Å². The molecule has 1 rings (SSSR count). The zero-order valence-electron chi connectivity index (χ0n) is 6.92. The molecular formula is C5H11N5O2S. The molecular weight excluding hydrogens is 194 g/mol. The third-order valence-electron chi connectivity index (χ3n) is 1.34. The second-order valence-corrected chi connectivity index (χ2v) is 3.84. The van der Waals surface area contributed by atoms with Crippen LogP contribution in [-0.4, -0.2) is 30.0 Å². The summed E-state index contributed by atoms with van der Waals surface area (Å²) < 4.78 is 24.6. The Morgan fingerprint density at radius 1 is 1.54 bits per heavy atom. The maximum Gasteiger partial charge on any atom is 0.274 e. The summed E-state index contributed by atoms with van der Waals surface area (Å²) in [6, 6.07) is 0. The van der Waals surface area contributed by atoms with Crippen molar-refractivity contribution < 1.29 is 8.42 Å². The van der Waals surface area contributed by atoms with Crippen LogP contribution in [0.25, 0.3) is 0 Å². The Balaban J connectivity index is 2.16. The van der Waals surface area contributed by atoms with Gasteiger partial charge in [0, 0.05) is 19.3 Å². The second-order valence-electron chi connectivity index (χ2n) is 2.46. The number of nitrogens with one attached hydrogen (secondary N) is 1. The van der Waals surface area contributed by atoms with Crippen molar-refractivity contribution in [1.82, 2.24) is 19.7 Å². The van der Waals surface area contributed by atoms with Gasteiger partial charge in [0.2, 0.25) is 0 Å². The van der Waals surface area contributed by atoms with Crippen LogP contribution in [0.4, 0.5) is 0 Å². The maximum absolute atomic E-state index is 10.4. The molecule has 0 radical (unpaired) electrons. The highest BCUT2D eigenvalue weighted by atomic mass is 32.2. The lowest BCUT2D eigenvalue weighted by molar-refractivity contribution is 0.543. The first-order chi connectivity index (χ1) is 6.08. The molecule has 7 nitrogen and oxygen atoms in total. The van der Waals surface area contributed by atoms with E-state index in [9.17, 15) is 8.42 Å². The largest absolute Gasteiger partial charge is 0.274 e. The van der Waals surface area contributed by atoms with Crippen molar-refractivity contribution >= 4 is 10.2 Å². The summed E-state index contributed by atoms with van der Waals surface area (Å²) >= 11 is 0. The highest BCUT2D eigenvalue weighted by molar-refractivity contribution is 7.87. The summed E-state index contributed by atoms with van der Waals surface area (Å²) in [5.41, 5.74) is 0. The van der Waals surface area contributed by atoms with Crippen molar-refractivity contribution in [2.24, 2.45) is 5.14 Å². The molecule has 0 fully saturated rings. The predicted molar refractivity (Wildman–Crippen MR) is 45.7 cm³/mol. The van der Waals surface area contributed by atoms with Crippen molar-refractivity contribution in [1.29, 1.82) is 0 Å². The Hall–Kier alpha value is -0.990. The Morgan fingerprint density at radius 2 is 2.31 bits per heavy atom. The predicted octanol–water partition coefficient (Wildman–Crippen LogP) is -1.54. The molecule has 74 valence electrons. The van der Waals surface area contributed by atoms with Gasteiger partial charge in [0.05, 0.1) is 6.20 Å². The molecule has 1 heterocycles. The number of hydrogen-bond acceptors (Lipinski definition) is 4. The molecule has 0 spiro atoms. The summed E-state index contributed by atoms with van der Waals surface area (Å²) in [5.74, 6) is 0. The molecule has 0 saturated carbocycles. The van der Waals surface area contributed by atoms with E-state index in [-0.39, 0.29) is 0 Å². The molecule has 0 aliphatic heterocycles. The highest BCUT2D eigenvalue weighted by Gasteiger charge is 1.99. The molecule has 0 saturated heterocycles. The standard InChI is InChI=1S/C5H11N5O2S/c6-13(11,12)8-2-1-4-10-5-3-7-9-10/h3,5,8H,1-2,4H2,(H2,6,11,12). The van der Waals surface area contributed by atoms with Gasteiger partial charge in [-0.15, -0.1) is 5.10 Å². The van der Waals surface area contributed by atoms with Gasteiger partial charge in [-0.3, -0.25) is 4.68 Å². The monoisotopic (exact) mass is 205 g/mol. The zero-order valence-corrected chi connectivity index (χ0v) is 7.74. The molecule has 8 heteroatoms. The highest BCUT2D eigenvalue weighted by Crippen LogP contribution is 1.85. The van der Waals surface area contributed by atoms with Crippen molar-refractivity contribution in [3.63, 3.8) is 0 Å². The van der Waals surface area contributed by atoms with Crippen LogP contribution < -0.4 is 9.86 Å². The molecule has 0 atom stereocenters. The van der Waals surface area contributed by atoms with Gasteiger partial charge < -0.3 is 0 Å². The molecule has 13 heavy (non-hydrogen) atoms. The first-order valence-corrected chi connectivity index (χ1v) is 5.24. The fourth-order valence-electron chi connectivity index (χ4n) is 0.807. The van der Waals surface area contributed by atoms with E-state index >= 15 is 0 Å². The SMILES string of the molecule is NS(=O)(=O)NCCCn1ccnn1. The van der Waals surface area contributed by atoms with E-state index in [0.717, 1.165) is 0 Å². The minimum absolute atomic E-state index is 0.304. The van der Waals surface area contributed by atoms with Gasteiger partial charge in [-0.2, -0.15) is 8.42 Å². The van der Waals surface area contributed by atoms with Crippen molar-refractivity contribution in [3.8, 4) is 0 Å². The molecule has 0 bridgehead atoms. The summed E-state index contributed by atoms with van der Waals surface area (Å²) in [6.45, 7) is 0.918. The second kappa shape index (κ2) is 4.30. The van der Waals surface area contributed by atoms with Crippen molar-refractivity contribution in [3.05, 3.63) is 12.4 Å². The Bertz CT molecular complexity index is 332. The molecule has 1 aromatic heterocycles. The van der Waals surface area contributed by atoms with E-state index < -0.39 is 10.2 Å². The Morgan fingerprint density at radius 3 is 2.85 bits per heavy atom. The Labute approximate surface area is 76.1 Å². The maximum atomic E-state index is 10.4. The molecule has 0 aromatic carbocycles. The normalized spacial score (nSPS) is 11.8. The van der Waals surface area contributed by atoms with Crippen LogP contribution in [0, 0.1) is 0 Å². The lowest BCUT2D eigenvalue weighted by Crippen LogP contribution is -2.31. The minimum Gasteiger partial charge on any atom is -0.253 e. The average molecular weight is 205 g/mol. The lowest BCUT2D eigenvalue weighted by atomic mass is 10.4.